The summed E-state index contributed by atoms with van der Waals surface area (Å²) >= 11 is 0. The van der Waals surface area contributed by atoms with Crippen molar-refractivity contribution in [1.82, 2.24) is 0 Å². The molecule has 0 spiro atoms. The topological polar surface area (TPSA) is 165 Å². The molecule has 9 heteroatoms. The van der Waals surface area contributed by atoms with Gasteiger partial charge in [0, 0.05) is 12.8 Å². The second kappa shape index (κ2) is 11.9. The highest BCUT2D eigenvalue weighted by molar-refractivity contribution is 5.72. The molecule has 3 unspecified atom stereocenters. The summed E-state index contributed by atoms with van der Waals surface area (Å²) in [5.41, 5.74) is 0.237. The minimum absolute atomic E-state index is 0.0790. The van der Waals surface area contributed by atoms with Crippen LogP contribution in [0, 0.1) is 58.2 Å². The summed E-state index contributed by atoms with van der Waals surface area (Å²) in [5, 5.41) is 62.2. The van der Waals surface area contributed by atoms with Crippen LogP contribution in [0.3, 0.4) is 0 Å². The number of aliphatic hydroxyl groups excluding tert-OH is 5. The lowest BCUT2D eigenvalue weighted by atomic mass is 9.41. The van der Waals surface area contributed by atoms with Gasteiger partial charge in [0.15, 0.2) is 0 Å². The zero-order valence-electron chi connectivity index (χ0n) is 25.8. The molecule has 9 nitrogen and oxygen atoms in total. The van der Waals surface area contributed by atoms with Gasteiger partial charge in [0.2, 0.25) is 0 Å². The number of esters is 1. The fourth-order valence-electron chi connectivity index (χ4n) is 11.3. The number of ether oxygens (including phenoxy) is 1. The van der Waals surface area contributed by atoms with Crippen molar-refractivity contribution in [2.45, 2.75) is 135 Å². The smallest absolute Gasteiger partial charge is 0.309 e. The van der Waals surface area contributed by atoms with E-state index in [4.69, 9.17) is 4.74 Å². The van der Waals surface area contributed by atoms with Crippen LogP contribution < -0.4 is 0 Å². The molecule has 0 heterocycles. The van der Waals surface area contributed by atoms with Crippen LogP contribution in [0.4, 0.5) is 0 Å². The second-order valence-electron chi connectivity index (χ2n) is 15.3. The molecule has 6 N–H and O–H groups in total. The maximum Gasteiger partial charge on any atom is 0.309 e. The molecule has 5 rings (SSSR count). The van der Waals surface area contributed by atoms with Crippen molar-refractivity contribution in [1.29, 1.82) is 0 Å². The number of carbonyl (C=O) groups is 2. The van der Waals surface area contributed by atoms with E-state index in [9.17, 15) is 40.2 Å². The van der Waals surface area contributed by atoms with E-state index in [2.05, 4.69) is 27.7 Å². The van der Waals surface area contributed by atoms with Gasteiger partial charge in [-0.3, -0.25) is 9.59 Å². The van der Waals surface area contributed by atoms with Gasteiger partial charge in [0.25, 0.3) is 0 Å². The molecule has 0 bridgehead atoms. The molecule has 240 valence electrons. The van der Waals surface area contributed by atoms with Crippen LogP contribution in [0.5, 0.6) is 0 Å². The Hall–Kier alpha value is -1.26. The Labute approximate surface area is 250 Å². The van der Waals surface area contributed by atoms with Gasteiger partial charge in [0.1, 0.15) is 18.3 Å². The maximum absolute atomic E-state index is 12.8. The van der Waals surface area contributed by atoms with E-state index in [0.29, 0.717) is 30.1 Å². The summed E-state index contributed by atoms with van der Waals surface area (Å²) in [4.78, 5) is 24.3. The van der Waals surface area contributed by atoms with Crippen LogP contribution in [0.2, 0.25) is 0 Å². The van der Waals surface area contributed by atoms with E-state index in [-0.39, 0.29) is 53.6 Å². The Morgan fingerprint density at radius 3 is 2.17 bits per heavy atom. The summed E-state index contributed by atoms with van der Waals surface area (Å²) in [5.74, 6) is -0.737. The minimum Gasteiger partial charge on any atom is -0.481 e. The largest absolute Gasteiger partial charge is 0.481 e. The van der Waals surface area contributed by atoms with Crippen molar-refractivity contribution >= 4 is 11.9 Å². The normalized spacial score (nSPS) is 51.1. The Balaban J connectivity index is 1.23. The van der Waals surface area contributed by atoms with Crippen LogP contribution in [0.1, 0.15) is 98.3 Å². The molecule has 16 atom stereocenters. The Morgan fingerprint density at radius 2 is 1.50 bits per heavy atom. The predicted molar refractivity (Wildman–Crippen MR) is 154 cm³/mol. The zero-order chi connectivity index (χ0) is 30.7. The van der Waals surface area contributed by atoms with Gasteiger partial charge in [-0.05, 0) is 104 Å². The number of hydrogen-bond donors (Lipinski definition) is 6. The van der Waals surface area contributed by atoms with Gasteiger partial charge in [-0.2, -0.15) is 0 Å². The number of aliphatic carboxylic acids is 1. The molecule has 0 aromatic heterocycles. The Kier molecular flexibility index (Phi) is 9.12. The fraction of sp³-hybridized carbons (Fsp3) is 0.939. The molecule has 5 aliphatic carbocycles. The molecular weight excluding hydrogens is 540 g/mol. The number of aliphatic hydroxyl groups is 5. The van der Waals surface area contributed by atoms with E-state index >= 15 is 0 Å². The zero-order valence-corrected chi connectivity index (χ0v) is 25.8. The highest BCUT2D eigenvalue weighted by Crippen LogP contribution is 2.69. The van der Waals surface area contributed by atoms with Crippen molar-refractivity contribution in [2.75, 3.05) is 0 Å². The number of fused-ring (bicyclic) bond motifs is 5. The Bertz CT molecular complexity index is 1000. The standard InChI is InChI=1S/C33H54O9/c1-5-18-23-14-17(34)10-12-33(23,4)22-11-13-32(3)20(7-8-21(32)26(22)27(18)36)16(2)6-9-25(35)42-24-15-19(31(40)41)28(37)30(39)29(24)38/h16-24,26-30,34,36-39H,5-15H2,1-4H3,(H,40,41)/t16-,17-,18-,19+,20-,21?,22?,23+,24-,26?,27-,28-,29+,30+,32-,33-/m1/s1. The van der Waals surface area contributed by atoms with Gasteiger partial charge in [-0.1, -0.05) is 34.1 Å². The highest BCUT2D eigenvalue weighted by Gasteiger charge is 2.65. The first-order valence-corrected chi connectivity index (χ1v) is 16.6. The summed E-state index contributed by atoms with van der Waals surface area (Å²) in [7, 11) is 0. The molecule has 0 amide bonds. The van der Waals surface area contributed by atoms with Gasteiger partial charge in [0.05, 0.1) is 24.2 Å². The van der Waals surface area contributed by atoms with Gasteiger partial charge < -0.3 is 35.4 Å². The van der Waals surface area contributed by atoms with Crippen LogP contribution in [0.15, 0.2) is 0 Å². The molecule has 0 aromatic rings. The van der Waals surface area contributed by atoms with E-state index in [1.165, 1.54) is 0 Å². The third kappa shape index (κ3) is 5.23. The average Bonchev–Trinajstić information content (AvgIpc) is 3.30. The third-order valence-electron chi connectivity index (χ3n) is 13.5. The molecule has 5 aliphatic rings. The van der Waals surface area contributed by atoms with Crippen molar-refractivity contribution in [3.63, 3.8) is 0 Å². The molecular formula is C33H54O9. The van der Waals surface area contributed by atoms with Gasteiger partial charge in [-0.15, -0.1) is 0 Å². The molecule has 0 saturated heterocycles. The van der Waals surface area contributed by atoms with Crippen LogP contribution in [-0.4, -0.2) is 79.2 Å². The Morgan fingerprint density at radius 1 is 0.833 bits per heavy atom. The summed E-state index contributed by atoms with van der Waals surface area (Å²) < 4.78 is 5.45. The van der Waals surface area contributed by atoms with E-state index in [1.807, 2.05) is 0 Å². The number of carboxylic acids is 1. The quantitative estimate of drug-likeness (QED) is 0.243. The SMILES string of the molecule is CC[C@H]1[C@@H](O)C2C3CC[C@H]([C@H](C)CCC(=O)O[C@@H]4C[C@H](C(=O)O)[C@@H](O)[C@H](O)[C@H]4O)[C@@]3(C)CCC2[C@@]2(C)CC[C@@H](O)C[C@@H]12. The first-order chi connectivity index (χ1) is 19.7. The van der Waals surface area contributed by atoms with Crippen LogP contribution >= 0.6 is 0 Å². The van der Waals surface area contributed by atoms with Crippen LogP contribution in [0.25, 0.3) is 0 Å². The molecule has 5 fully saturated rings. The van der Waals surface area contributed by atoms with Crippen molar-refractivity contribution < 1.29 is 45.0 Å². The summed E-state index contributed by atoms with van der Waals surface area (Å²) in [6, 6.07) is 0. The monoisotopic (exact) mass is 594 g/mol. The maximum atomic E-state index is 12.8. The minimum atomic E-state index is -1.69. The molecule has 0 radical (unpaired) electrons. The van der Waals surface area contributed by atoms with Crippen molar-refractivity contribution in [3.05, 3.63) is 0 Å². The number of carbonyl (C=O) groups excluding carboxylic acids is 1. The van der Waals surface area contributed by atoms with E-state index < -0.39 is 42.3 Å². The second-order valence-corrected chi connectivity index (χ2v) is 15.3. The third-order valence-corrected chi connectivity index (χ3v) is 13.5. The number of rotatable bonds is 7. The first kappa shape index (κ1) is 32.1. The summed E-state index contributed by atoms with van der Waals surface area (Å²) in [6.45, 7) is 9.23. The lowest BCUT2D eigenvalue weighted by Gasteiger charge is -2.64. The highest BCUT2D eigenvalue weighted by atomic mass is 16.6. The molecule has 5 saturated carbocycles. The van der Waals surface area contributed by atoms with E-state index in [0.717, 1.165) is 51.4 Å². The first-order valence-electron chi connectivity index (χ1n) is 16.6. The van der Waals surface area contributed by atoms with Crippen molar-refractivity contribution in [2.24, 2.45) is 58.2 Å². The van der Waals surface area contributed by atoms with Crippen LogP contribution in [-0.2, 0) is 14.3 Å². The summed E-state index contributed by atoms with van der Waals surface area (Å²) in [6.07, 6.45) is 1.84. The number of hydrogen-bond acceptors (Lipinski definition) is 8. The molecule has 0 aliphatic heterocycles. The molecule has 0 aromatic carbocycles. The van der Waals surface area contributed by atoms with E-state index in [1.54, 1.807) is 0 Å². The van der Waals surface area contributed by atoms with Gasteiger partial charge in [-0.25, -0.2) is 0 Å². The van der Waals surface area contributed by atoms with Crippen molar-refractivity contribution in [3.8, 4) is 0 Å². The molecule has 42 heavy (non-hydrogen) atoms. The lowest BCUT2D eigenvalue weighted by molar-refractivity contribution is -0.203. The average molecular weight is 595 g/mol. The fourth-order valence-corrected chi connectivity index (χ4v) is 11.3. The predicted octanol–water partition coefficient (Wildman–Crippen LogP) is 3.13. The number of carboxylic acid groups (broad SMARTS) is 1. The lowest BCUT2D eigenvalue weighted by Crippen LogP contribution is -2.62. The van der Waals surface area contributed by atoms with Gasteiger partial charge >= 0.3 is 11.9 Å².